The summed E-state index contributed by atoms with van der Waals surface area (Å²) in [6.07, 6.45) is 5.24. The van der Waals surface area contributed by atoms with Crippen molar-refractivity contribution in [2.75, 3.05) is 30.9 Å². The zero-order valence-corrected chi connectivity index (χ0v) is 10.8. The number of piperidine rings is 1. The second-order valence-electron chi connectivity index (χ2n) is 3.82. The van der Waals surface area contributed by atoms with E-state index in [-0.39, 0.29) is 11.8 Å². The molecule has 0 aromatic carbocycles. The van der Waals surface area contributed by atoms with Gasteiger partial charge in [-0.2, -0.15) is 11.8 Å². The van der Waals surface area contributed by atoms with Crippen LogP contribution in [0.1, 0.15) is 19.3 Å². The summed E-state index contributed by atoms with van der Waals surface area (Å²) in [6.45, 7) is 1.49. The second-order valence-corrected chi connectivity index (χ2v) is 6.65. The molecule has 1 fully saturated rings. The molecule has 1 unspecified atom stereocenters. The van der Waals surface area contributed by atoms with Gasteiger partial charge < -0.3 is 5.32 Å². The number of nitrogens with one attached hydrogen (secondary N) is 2. The monoisotopic (exact) mass is 252 g/mol. The van der Waals surface area contributed by atoms with Gasteiger partial charge in [-0.1, -0.05) is 6.42 Å². The Morgan fingerprint density at radius 1 is 1.47 bits per heavy atom. The zero-order chi connectivity index (χ0) is 11.1. The third-order valence-electron chi connectivity index (χ3n) is 2.46. The maximum Gasteiger partial charge on any atom is 0.213 e. The van der Waals surface area contributed by atoms with E-state index in [2.05, 4.69) is 10.0 Å². The van der Waals surface area contributed by atoms with Crippen molar-refractivity contribution in [1.29, 1.82) is 0 Å². The van der Waals surface area contributed by atoms with E-state index in [1.807, 2.05) is 6.26 Å². The third-order valence-corrected chi connectivity index (χ3v) is 4.56. The van der Waals surface area contributed by atoms with Crippen LogP contribution < -0.4 is 10.0 Å². The first-order valence-electron chi connectivity index (χ1n) is 5.34. The Labute approximate surface area is 96.6 Å². The number of rotatable bonds is 6. The van der Waals surface area contributed by atoms with Gasteiger partial charge in [-0.25, -0.2) is 13.1 Å². The van der Waals surface area contributed by atoms with Gasteiger partial charge >= 0.3 is 0 Å². The van der Waals surface area contributed by atoms with E-state index in [0.29, 0.717) is 6.54 Å². The number of hydrogen-bond donors (Lipinski definition) is 2. The molecule has 0 aromatic heterocycles. The first-order chi connectivity index (χ1) is 7.14. The third kappa shape index (κ3) is 5.75. The van der Waals surface area contributed by atoms with E-state index in [0.717, 1.165) is 31.6 Å². The zero-order valence-electron chi connectivity index (χ0n) is 9.16. The summed E-state index contributed by atoms with van der Waals surface area (Å²) >= 11 is 1.65. The predicted molar refractivity (Wildman–Crippen MR) is 65.8 cm³/mol. The van der Waals surface area contributed by atoms with Gasteiger partial charge in [-0.05, 0) is 25.6 Å². The van der Waals surface area contributed by atoms with Crippen molar-refractivity contribution in [3.05, 3.63) is 0 Å². The van der Waals surface area contributed by atoms with E-state index in [9.17, 15) is 8.42 Å². The first kappa shape index (κ1) is 13.3. The van der Waals surface area contributed by atoms with Gasteiger partial charge in [-0.15, -0.1) is 0 Å². The molecule has 0 spiro atoms. The Kier molecular flexibility index (Phi) is 5.96. The van der Waals surface area contributed by atoms with Gasteiger partial charge in [0.15, 0.2) is 0 Å². The van der Waals surface area contributed by atoms with E-state index in [1.165, 1.54) is 0 Å². The molecule has 0 aliphatic carbocycles. The van der Waals surface area contributed by atoms with Crippen LogP contribution in [0.2, 0.25) is 0 Å². The highest BCUT2D eigenvalue weighted by atomic mass is 32.2. The minimum atomic E-state index is -3.08. The fourth-order valence-corrected chi connectivity index (χ4v) is 3.47. The van der Waals surface area contributed by atoms with Crippen LogP contribution in [0.25, 0.3) is 0 Å². The van der Waals surface area contributed by atoms with Crippen LogP contribution in [0.3, 0.4) is 0 Å². The molecule has 4 nitrogen and oxygen atoms in total. The highest BCUT2D eigenvalue weighted by Gasteiger charge is 2.20. The van der Waals surface area contributed by atoms with Crippen LogP contribution >= 0.6 is 11.8 Å². The average Bonchev–Trinajstić information content (AvgIpc) is 2.18. The van der Waals surface area contributed by atoms with E-state index >= 15 is 0 Å². The van der Waals surface area contributed by atoms with Crippen LogP contribution in [0.4, 0.5) is 0 Å². The quantitative estimate of drug-likeness (QED) is 0.672. The molecule has 1 rings (SSSR count). The Bertz CT molecular complexity index is 261. The highest BCUT2D eigenvalue weighted by Crippen LogP contribution is 2.08. The van der Waals surface area contributed by atoms with Crippen LogP contribution in [0, 0.1) is 0 Å². The predicted octanol–water partition coefficient (Wildman–Crippen LogP) is 0.411. The minimum Gasteiger partial charge on any atom is -0.313 e. The summed E-state index contributed by atoms with van der Waals surface area (Å²) in [7, 11) is -3.08. The summed E-state index contributed by atoms with van der Waals surface area (Å²) in [5, 5.41) is 3.24. The van der Waals surface area contributed by atoms with Gasteiger partial charge in [0.2, 0.25) is 10.0 Å². The fraction of sp³-hybridized carbons (Fsp3) is 1.00. The maximum absolute atomic E-state index is 11.6. The largest absolute Gasteiger partial charge is 0.313 e. The van der Waals surface area contributed by atoms with Crippen LogP contribution in [0.15, 0.2) is 0 Å². The lowest BCUT2D eigenvalue weighted by atomic mass is 10.1. The molecule has 1 atom stereocenters. The lowest BCUT2D eigenvalue weighted by Crippen LogP contribution is -2.43. The molecule has 90 valence electrons. The molecular formula is C9H20N2O2S2. The van der Waals surface area contributed by atoms with Crippen molar-refractivity contribution in [1.82, 2.24) is 10.0 Å². The molecule has 1 heterocycles. The molecular weight excluding hydrogens is 232 g/mol. The topological polar surface area (TPSA) is 58.2 Å². The number of thioether (sulfide) groups is 1. The van der Waals surface area contributed by atoms with Crippen LogP contribution in [-0.4, -0.2) is 45.3 Å². The molecule has 1 aliphatic rings. The second kappa shape index (κ2) is 6.73. The van der Waals surface area contributed by atoms with Crippen LogP contribution in [0.5, 0.6) is 0 Å². The first-order valence-corrected chi connectivity index (χ1v) is 8.38. The lowest BCUT2D eigenvalue weighted by molar-refractivity contribution is 0.422. The van der Waals surface area contributed by atoms with Gasteiger partial charge in [0.05, 0.1) is 5.75 Å². The maximum atomic E-state index is 11.6. The van der Waals surface area contributed by atoms with Gasteiger partial charge in [0.25, 0.3) is 0 Å². The Morgan fingerprint density at radius 3 is 2.87 bits per heavy atom. The number of hydrogen-bond acceptors (Lipinski definition) is 4. The number of sulfonamides is 1. The van der Waals surface area contributed by atoms with Gasteiger partial charge in [0.1, 0.15) is 0 Å². The minimum absolute atomic E-state index is 0.144. The van der Waals surface area contributed by atoms with Crippen molar-refractivity contribution in [3.8, 4) is 0 Å². The van der Waals surface area contributed by atoms with Crippen molar-refractivity contribution in [2.24, 2.45) is 0 Å². The van der Waals surface area contributed by atoms with Gasteiger partial charge in [0, 0.05) is 18.3 Å². The summed E-state index contributed by atoms with van der Waals surface area (Å²) in [6, 6.07) is 0.144. The van der Waals surface area contributed by atoms with E-state index < -0.39 is 10.0 Å². The normalized spacial score (nSPS) is 22.9. The smallest absolute Gasteiger partial charge is 0.213 e. The van der Waals surface area contributed by atoms with Crippen molar-refractivity contribution < 1.29 is 8.42 Å². The molecule has 0 aromatic rings. The average molecular weight is 252 g/mol. The van der Waals surface area contributed by atoms with Crippen LogP contribution in [-0.2, 0) is 10.0 Å². The van der Waals surface area contributed by atoms with Crippen molar-refractivity contribution in [2.45, 2.75) is 25.3 Å². The molecule has 0 bridgehead atoms. The molecule has 0 saturated carbocycles. The Hall–Kier alpha value is 0.220. The molecule has 2 N–H and O–H groups in total. The molecule has 1 aliphatic heterocycles. The summed E-state index contributed by atoms with van der Waals surface area (Å²) in [4.78, 5) is 0. The summed E-state index contributed by atoms with van der Waals surface area (Å²) in [5.41, 5.74) is 0. The lowest BCUT2D eigenvalue weighted by Gasteiger charge is -2.23. The Balaban J connectivity index is 2.27. The molecule has 0 radical (unpaired) electrons. The standard InChI is InChI=1S/C9H20N2O2S2/c1-14-7-6-11-15(12,13)8-9-4-2-3-5-10-9/h9-11H,2-8H2,1H3. The van der Waals surface area contributed by atoms with Crippen molar-refractivity contribution in [3.63, 3.8) is 0 Å². The highest BCUT2D eigenvalue weighted by molar-refractivity contribution is 7.98. The molecule has 0 amide bonds. The molecule has 1 saturated heterocycles. The SMILES string of the molecule is CSCCNS(=O)(=O)CC1CCCCN1. The van der Waals surface area contributed by atoms with E-state index in [4.69, 9.17) is 0 Å². The van der Waals surface area contributed by atoms with Crippen molar-refractivity contribution >= 4 is 21.8 Å². The van der Waals surface area contributed by atoms with Gasteiger partial charge in [-0.3, -0.25) is 0 Å². The fourth-order valence-electron chi connectivity index (χ4n) is 1.69. The Morgan fingerprint density at radius 2 is 2.27 bits per heavy atom. The molecule has 6 heteroatoms. The van der Waals surface area contributed by atoms with E-state index in [1.54, 1.807) is 11.8 Å². The summed E-state index contributed by atoms with van der Waals surface area (Å²) < 4.78 is 25.8. The summed E-state index contributed by atoms with van der Waals surface area (Å²) in [5.74, 6) is 1.05. The molecule has 15 heavy (non-hydrogen) atoms.